The standard InChI is InChI=1S/C26H29NO3S/c1-21-11-13-26(14-12-21)31(28,29)27-16-15-24-10-6-5-9-23(17-25(24)18-27)20-30-19-22-7-3-2-4-8-22/h2-4,6-14,17,24H,5,15-16,18-20H2,1H3/b10-6-,23-9+,25-17-/t24-/m0/s1. The third-order valence-electron chi connectivity index (χ3n) is 5.82. The highest BCUT2D eigenvalue weighted by atomic mass is 32.2. The zero-order valence-corrected chi connectivity index (χ0v) is 18.7. The molecule has 1 heterocycles. The molecule has 1 aliphatic heterocycles. The summed E-state index contributed by atoms with van der Waals surface area (Å²) in [5.74, 6) is 0.280. The first-order chi connectivity index (χ1) is 15.0. The average Bonchev–Trinajstić information content (AvgIpc) is 2.76. The third-order valence-corrected chi connectivity index (χ3v) is 7.68. The van der Waals surface area contributed by atoms with Crippen LogP contribution in [0.2, 0.25) is 0 Å². The van der Waals surface area contributed by atoms with Crippen LogP contribution in [-0.2, 0) is 21.4 Å². The number of hydrogen-bond acceptors (Lipinski definition) is 3. The molecule has 2 aromatic rings. The van der Waals surface area contributed by atoms with Gasteiger partial charge in [0.2, 0.25) is 10.0 Å². The minimum atomic E-state index is -3.50. The van der Waals surface area contributed by atoms with Gasteiger partial charge in [-0.2, -0.15) is 4.31 Å². The summed E-state index contributed by atoms with van der Waals surface area (Å²) in [5, 5.41) is 0. The number of benzene rings is 2. The summed E-state index contributed by atoms with van der Waals surface area (Å²) in [6.45, 7) is 3.99. The van der Waals surface area contributed by atoms with Crippen LogP contribution in [0.25, 0.3) is 0 Å². The van der Waals surface area contributed by atoms with Crippen molar-refractivity contribution in [3.05, 3.63) is 101 Å². The number of aryl methyl sites for hydroxylation is 1. The van der Waals surface area contributed by atoms with Crippen molar-refractivity contribution < 1.29 is 13.2 Å². The number of hydrogen-bond donors (Lipinski definition) is 0. The van der Waals surface area contributed by atoms with Gasteiger partial charge in [-0.05, 0) is 48.6 Å². The Balaban J connectivity index is 1.48. The number of fused-ring (bicyclic) bond motifs is 1. The molecule has 0 saturated carbocycles. The molecule has 1 fully saturated rings. The number of ether oxygens (including phenoxy) is 1. The number of piperidine rings is 1. The Labute approximate surface area is 185 Å². The summed E-state index contributed by atoms with van der Waals surface area (Å²) in [4.78, 5) is 0.362. The molecule has 0 aromatic heterocycles. The molecule has 0 bridgehead atoms. The molecule has 4 nitrogen and oxygen atoms in total. The number of nitrogens with zero attached hydrogens (tertiary/aromatic N) is 1. The molecule has 1 saturated heterocycles. The summed E-state index contributed by atoms with van der Waals surface area (Å²) >= 11 is 0. The zero-order chi connectivity index (χ0) is 21.7. The molecule has 1 atom stereocenters. The van der Waals surface area contributed by atoms with E-state index in [0.717, 1.165) is 35.1 Å². The summed E-state index contributed by atoms with van der Waals surface area (Å²) in [6, 6.07) is 17.2. The van der Waals surface area contributed by atoms with E-state index < -0.39 is 10.0 Å². The van der Waals surface area contributed by atoms with Gasteiger partial charge in [0.15, 0.2) is 0 Å². The van der Waals surface area contributed by atoms with Gasteiger partial charge in [-0.1, -0.05) is 72.3 Å². The second-order valence-electron chi connectivity index (χ2n) is 8.19. The molecule has 0 amide bonds. The highest BCUT2D eigenvalue weighted by Gasteiger charge is 2.31. The van der Waals surface area contributed by atoms with Crippen molar-refractivity contribution >= 4 is 10.0 Å². The van der Waals surface area contributed by atoms with Gasteiger partial charge in [-0.15, -0.1) is 0 Å². The smallest absolute Gasteiger partial charge is 0.243 e. The van der Waals surface area contributed by atoms with Crippen LogP contribution in [0.4, 0.5) is 0 Å². The quantitative estimate of drug-likeness (QED) is 0.598. The van der Waals surface area contributed by atoms with Gasteiger partial charge in [0.05, 0.1) is 18.1 Å². The molecule has 1 aliphatic carbocycles. The summed E-state index contributed by atoms with van der Waals surface area (Å²) in [5.41, 5.74) is 4.44. The lowest BCUT2D eigenvalue weighted by Crippen LogP contribution is -2.39. The predicted octanol–water partition coefficient (Wildman–Crippen LogP) is 5.04. The van der Waals surface area contributed by atoms with E-state index in [1.807, 2.05) is 37.3 Å². The molecule has 2 aromatic carbocycles. The SMILES string of the molecule is Cc1ccc(S(=O)(=O)N2CC[C@@H]3/C=C\C/C=C(COCc4ccccc4)\C=C/3C2)cc1. The summed E-state index contributed by atoms with van der Waals surface area (Å²) < 4.78 is 33.9. The monoisotopic (exact) mass is 435 g/mol. The molecule has 0 spiro atoms. The second-order valence-corrected chi connectivity index (χ2v) is 10.1. The fraction of sp³-hybridized carbons (Fsp3) is 0.308. The van der Waals surface area contributed by atoms with Gasteiger partial charge in [-0.25, -0.2) is 8.42 Å². The van der Waals surface area contributed by atoms with Crippen LogP contribution in [0.3, 0.4) is 0 Å². The van der Waals surface area contributed by atoms with Gasteiger partial charge in [-0.3, -0.25) is 0 Å². The topological polar surface area (TPSA) is 46.6 Å². The van der Waals surface area contributed by atoms with E-state index in [9.17, 15) is 8.42 Å². The van der Waals surface area contributed by atoms with E-state index in [0.29, 0.717) is 31.2 Å². The van der Waals surface area contributed by atoms with Crippen molar-refractivity contribution in [2.45, 2.75) is 31.3 Å². The molecule has 0 unspecified atom stereocenters. The zero-order valence-electron chi connectivity index (χ0n) is 17.9. The first-order valence-electron chi connectivity index (χ1n) is 10.8. The van der Waals surface area contributed by atoms with E-state index in [1.165, 1.54) is 0 Å². The average molecular weight is 436 g/mol. The van der Waals surface area contributed by atoms with Crippen molar-refractivity contribution in [2.75, 3.05) is 19.7 Å². The van der Waals surface area contributed by atoms with E-state index in [1.54, 1.807) is 16.4 Å². The summed E-state index contributed by atoms with van der Waals surface area (Å²) in [7, 11) is -3.50. The largest absolute Gasteiger partial charge is 0.372 e. The van der Waals surface area contributed by atoms with Crippen molar-refractivity contribution in [3.63, 3.8) is 0 Å². The predicted molar refractivity (Wildman–Crippen MR) is 124 cm³/mol. The van der Waals surface area contributed by atoms with Crippen molar-refractivity contribution in [2.24, 2.45) is 5.92 Å². The van der Waals surface area contributed by atoms with Crippen LogP contribution in [0, 0.1) is 12.8 Å². The molecular weight excluding hydrogens is 406 g/mol. The number of sulfonamides is 1. The maximum atomic E-state index is 13.2. The lowest BCUT2D eigenvalue weighted by molar-refractivity contribution is 0.144. The fourth-order valence-corrected chi connectivity index (χ4v) is 5.47. The Hall–Kier alpha value is -2.47. The molecule has 162 valence electrons. The molecule has 5 heteroatoms. The highest BCUT2D eigenvalue weighted by Crippen LogP contribution is 2.30. The van der Waals surface area contributed by atoms with Crippen molar-refractivity contribution in [1.29, 1.82) is 0 Å². The second kappa shape index (κ2) is 9.77. The maximum Gasteiger partial charge on any atom is 0.243 e. The van der Waals surface area contributed by atoms with Gasteiger partial charge < -0.3 is 4.74 Å². The Morgan fingerprint density at radius 1 is 1.03 bits per heavy atom. The molecule has 0 radical (unpaired) electrons. The molecule has 31 heavy (non-hydrogen) atoms. The van der Waals surface area contributed by atoms with Gasteiger partial charge in [0, 0.05) is 19.0 Å². The molecule has 2 aliphatic rings. The first kappa shape index (κ1) is 21.8. The Morgan fingerprint density at radius 2 is 1.81 bits per heavy atom. The minimum absolute atomic E-state index is 0.280. The lowest BCUT2D eigenvalue weighted by atomic mass is 9.89. The Bertz CT molecular complexity index is 1080. The molecule has 0 N–H and O–H groups in total. The van der Waals surface area contributed by atoms with E-state index in [2.05, 4.69) is 36.4 Å². The molecular formula is C26H29NO3S. The normalized spacial score (nSPS) is 24.1. The van der Waals surface area contributed by atoms with E-state index in [4.69, 9.17) is 4.74 Å². The van der Waals surface area contributed by atoms with Gasteiger partial charge in [0.25, 0.3) is 0 Å². The van der Waals surface area contributed by atoms with Gasteiger partial charge in [0.1, 0.15) is 0 Å². The van der Waals surface area contributed by atoms with Crippen molar-refractivity contribution in [3.8, 4) is 0 Å². The van der Waals surface area contributed by atoms with E-state index in [-0.39, 0.29) is 5.92 Å². The van der Waals surface area contributed by atoms with Crippen LogP contribution in [-0.4, -0.2) is 32.4 Å². The third kappa shape index (κ3) is 5.42. The Morgan fingerprint density at radius 3 is 2.58 bits per heavy atom. The van der Waals surface area contributed by atoms with Crippen LogP contribution in [0.5, 0.6) is 0 Å². The van der Waals surface area contributed by atoms with Crippen molar-refractivity contribution in [1.82, 2.24) is 4.31 Å². The summed E-state index contributed by atoms with van der Waals surface area (Å²) in [6.07, 6.45) is 10.4. The van der Waals surface area contributed by atoms with Crippen LogP contribution >= 0.6 is 0 Å². The van der Waals surface area contributed by atoms with Crippen LogP contribution in [0.1, 0.15) is 24.0 Å². The first-order valence-corrected chi connectivity index (χ1v) is 12.2. The van der Waals surface area contributed by atoms with Crippen LogP contribution < -0.4 is 0 Å². The number of allylic oxidation sites excluding steroid dienone is 3. The van der Waals surface area contributed by atoms with Crippen LogP contribution in [0.15, 0.2) is 94.9 Å². The molecule has 4 rings (SSSR count). The van der Waals surface area contributed by atoms with E-state index >= 15 is 0 Å². The lowest BCUT2D eigenvalue weighted by Gasteiger charge is -2.33. The Kier molecular flexibility index (Phi) is 6.86. The van der Waals surface area contributed by atoms with Gasteiger partial charge >= 0.3 is 0 Å². The number of rotatable bonds is 6. The minimum Gasteiger partial charge on any atom is -0.372 e. The highest BCUT2D eigenvalue weighted by molar-refractivity contribution is 7.89. The maximum absolute atomic E-state index is 13.2. The fourth-order valence-electron chi connectivity index (χ4n) is 4.03.